The molecule has 0 aromatic heterocycles. The van der Waals surface area contributed by atoms with Crippen LogP contribution in [0.25, 0.3) is 0 Å². The van der Waals surface area contributed by atoms with Gasteiger partial charge in [-0.05, 0) is 31.1 Å². The fourth-order valence-electron chi connectivity index (χ4n) is 1.27. The Balaban J connectivity index is 2.01. The zero-order valence-corrected chi connectivity index (χ0v) is 9.05. The minimum Gasteiger partial charge on any atom is -0.312 e. The van der Waals surface area contributed by atoms with Crippen molar-refractivity contribution < 1.29 is 0 Å². The van der Waals surface area contributed by atoms with E-state index in [1.54, 1.807) is 5.54 Å². The van der Waals surface area contributed by atoms with Gasteiger partial charge in [0.1, 0.15) is 0 Å². The van der Waals surface area contributed by atoms with Gasteiger partial charge in [-0.25, -0.2) is 0 Å². The zero-order valence-electron chi connectivity index (χ0n) is 7.48. The van der Waals surface area contributed by atoms with Crippen molar-refractivity contribution in [2.75, 3.05) is 18.8 Å². The van der Waals surface area contributed by atoms with E-state index >= 15 is 0 Å². The molecular formula is C9H16ClNS. The first-order chi connectivity index (χ1) is 5.83. The second kappa shape index (κ2) is 5.90. The molecule has 1 aliphatic rings. The lowest BCUT2D eigenvalue weighted by atomic mass is 10.2. The second-order valence-corrected chi connectivity index (χ2v) is 4.85. The highest BCUT2D eigenvalue weighted by molar-refractivity contribution is 8.00. The van der Waals surface area contributed by atoms with Gasteiger partial charge in [-0.1, -0.05) is 11.6 Å². The van der Waals surface area contributed by atoms with E-state index in [0.29, 0.717) is 0 Å². The van der Waals surface area contributed by atoms with Crippen LogP contribution < -0.4 is 5.32 Å². The van der Waals surface area contributed by atoms with E-state index < -0.39 is 0 Å². The molecule has 1 fully saturated rings. The minimum absolute atomic E-state index is 0.841. The lowest BCUT2D eigenvalue weighted by Gasteiger charge is -2.09. The summed E-state index contributed by atoms with van der Waals surface area (Å²) in [7, 11) is 0. The Morgan fingerprint density at radius 1 is 1.75 bits per heavy atom. The summed E-state index contributed by atoms with van der Waals surface area (Å²) in [5, 5.41) is 4.25. The molecule has 1 unspecified atom stereocenters. The molecule has 0 aromatic carbocycles. The second-order valence-electron chi connectivity index (χ2n) is 3.22. The monoisotopic (exact) mass is 205 g/mol. The van der Waals surface area contributed by atoms with E-state index in [1.807, 2.05) is 6.92 Å². The molecule has 0 radical (unpaired) electrons. The van der Waals surface area contributed by atoms with Gasteiger partial charge in [0.25, 0.3) is 0 Å². The van der Waals surface area contributed by atoms with Gasteiger partial charge >= 0.3 is 0 Å². The summed E-state index contributed by atoms with van der Waals surface area (Å²) < 4.78 is 0. The van der Waals surface area contributed by atoms with Gasteiger partial charge in [-0.2, -0.15) is 11.8 Å². The fourth-order valence-corrected chi connectivity index (χ4v) is 2.59. The van der Waals surface area contributed by atoms with Crippen LogP contribution >= 0.6 is 23.4 Å². The first-order valence-corrected chi connectivity index (χ1v) is 5.89. The van der Waals surface area contributed by atoms with Crippen molar-refractivity contribution in [3.05, 3.63) is 11.1 Å². The largest absolute Gasteiger partial charge is 0.312 e. The third-order valence-electron chi connectivity index (χ3n) is 1.99. The predicted molar refractivity (Wildman–Crippen MR) is 58.0 cm³/mol. The van der Waals surface area contributed by atoms with Gasteiger partial charge in [0.15, 0.2) is 0 Å². The molecule has 1 N–H and O–H groups in total. The summed E-state index contributed by atoms with van der Waals surface area (Å²) >= 11 is 7.63. The lowest BCUT2D eigenvalue weighted by Crippen LogP contribution is -2.24. The smallest absolute Gasteiger partial charge is 0.0174 e. The Morgan fingerprint density at radius 2 is 2.58 bits per heavy atom. The Hall–Kier alpha value is 0.340. The van der Waals surface area contributed by atoms with E-state index in [0.717, 1.165) is 18.3 Å². The van der Waals surface area contributed by atoms with Crippen LogP contribution in [0.5, 0.6) is 0 Å². The normalized spacial score (nSPS) is 24.8. The number of rotatable bonds is 4. The number of hydrogen-bond acceptors (Lipinski definition) is 2. The molecule has 3 heteroatoms. The van der Waals surface area contributed by atoms with Crippen molar-refractivity contribution >= 4 is 23.4 Å². The molecule has 1 nitrogen and oxygen atoms in total. The van der Waals surface area contributed by atoms with E-state index in [1.165, 1.54) is 24.2 Å². The number of hydrogen-bond donors (Lipinski definition) is 1. The highest BCUT2D eigenvalue weighted by Gasteiger charge is 2.14. The average Bonchev–Trinajstić information content (AvgIpc) is 2.57. The van der Waals surface area contributed by atoms with Gasteiger partial charge in [0, 0.05) is 23.9 Å². The van der Waals surface area contributed by atoms with Crippen LogP contribution in [0.4, 0.5) is 0 Å². The van der Waals surface area contributed by atoms with Gasteiger partial charge in [0.2, 0.25) is 0 Å². The maximum atomic E-state index is 5.54. The summed E-state index contributed by atoms with van der Waals surface area (Å²) in [6.45, 7) is 4.11. The molecule has 1 aliphatic heterocycles. The molecule has 1 rings (SSSR count). The van der Waals surface area contributed by atoms with Gasteiger partial charge < -0.3 is 5.32 Å². The third kappa shape index (κ3) is 3.83. The lowest BCUT2D eigenvalue weighted by molar-refractivity contribution is 0.674. The van der Waals surface area contributed by atoms with Crippen LogP contribution in [-0.4, -0.2) is 24.1 Å². The first-order valence-electron chi connectivity index (χ1n) is 4.41. The maximum absolute atomic E-state index is 5.54. The standard InChI is InChI=1S/C9H16ClNS/c1-8(5-10)6-11-7-9-3-2-4-12-9/h5,9,11H,2-4,6-7H2,1H3. The SMILES string of the molecule is CC(=CCl)CNCC1CCCS1. The van der Waals surface area contributed by atoms with Gasteiger partial charge in [-0.3, -0.25) is 0 Å². The summed E-state index contributed by atoms with van der Waals surface area (Å²) in [5.41, 5.74) is 2.86. The Morgan fingerprint density at radius 3 is 3.17 bits per heavy atom. The van der Waals surface area contributed by atoms with E-state index in [4.69, 9.17) is 11.6 Å². The molecule has 0 bridgehead atoms. The van der Waals surface area contributed by atoms with Crippen LogP contribution in [0.15, 0.2) is 11.1 Å². The third-order valence-corrected chi connectivity index (χ3v) is 3.76. The molecule has 1 saturated heterocycles. The van der Waals surface area contributed by atoms with Crippen molar-refractivity contribution in [2.24, 2.45) is 0 Å². The molecule has 70 valence electrons. The van der Waals surface area contributed by atoms with Crippen LogP contribution in [0.3, 0.4) is 0 Å². The molecule has 0 spiro atoms. The Kier molecular flexibility index (Phi) is 5.12. The molecular weight excluding hydrogens is 190 g/mol. The van der Waals surface area contributed by atoms with Crippen molar-refractivity contribution in [3.8, 4) is 0 Å². The predicted octanol–water partition coefficient (Wildman–Crippen LogP) is 2.61. The molecule has 12 heavy (non-hydrogen) atoms. The van der Waals surface area contributed by atoms with Gasteiger partial charge in [-0.15, -0.1) is 0 Å². The fraction of sp³-hybridized carbons (Fsp3) is 0.778. The Labute approximate surface area is 83.9 Å². The summed E-state index contributed by atoms with van der Waals surface area (Å²) in [4.78, 5) is 0. The number of halogens is 1. The number of nitrogens with one attached hydrogen (secondary N) is 1. The molecule has 0 saturated carbocycles. The quantitative estimate of drug-likeness (QED) is 0.758. The van der Waals surface area contributed by atoms with Crippen LogP contribution in [0.1, 0.15) is 19.8 Å². The van der Waals surface area contributed by atoms with Gasteiger partial charge in [0.05, 0.1) is 0 Å². The first kappa shape index (κ1) is 10.4. The highest BCUT2D eigenvalue weighted by Crippen LogP contribution is 2.25. The van der Waals surface area contributed by atoms with Crippen molar-refractivity contribution in [1.82, 2.24) is 5.32 Å². The zero-order chi connectivity index (χ0) is 8.81. The highest BCUT2D eigenvalue weighted by atomic mass is 35.5. The van der Waals surface area contributed by atoms with Crippen molar-refractivity contribution in [1.29, 1.82) is 0 Å². The molecule has 1 heterocycles. The Bertz CT molecular complexity index is 153. The number of thioether (sulfide) groups is 1. The molecule has 0 aliphatic carbocycles. The van der Waals surface area contributed by atoms with Crippen molar-refractivity contribution in [3.63, 3.8) is 0 Å². The summed E-state index contributed by atoms with van der Waals surface area (Å²) in [6, 6.07) is 0. The maximum Gasteiger partial charge on any atom is 0.0174 e. The van der Waals surface area contributed by atoms with Crippen LogP contribution in [-0.2, 0) is 0 Å². The summed E-state index contributed by atoms with van der Waals surface area (Å²) in [5.74, 6) is 1.34. The molecule has 0 amide bonds. The average molecular weight is 206 g/mol. The van der Waals surface area contributed by atoms with E-state index in [9.17, 15) is 0 Å². The van der Waals surface area contributed by atoms with Crippen LogP contribution in [0, 0.1) is 0 Å². The topological polar surface area (TPSA) is 12.0 Å². The molecule has 1 atom stereocenters. The molecule has 0 aromatic rings. The van der Waals surface area contributed by atoms with Crippen LogP contribution in [0.2, 0.25) is 0 Å². The minimum atomic E-state index is 0.841. The summed E-state index contributed by atoms with van der Waals surface area (Å²) in [6.07, 6.45) is 2.77. The van der Waals surface area contributed by atoms with Crippen molar-refractivity contribution in [2.45, 2.75) is 25.0 Å². The van der Waals surface area contributed by atoms with E-state index in [2.05, 4.69) is 17.1 Å². The van der Waals surface area contributed by atoms with E-state index in [-0.39, 0.29) is 0 Å².